The third-order valence-corrected chi connectivity index (χ3v) is 5.88. The quantitative estimate of drug-likeness (QED) is 0.324. The van der Waals surface area contributed by atoms with E-state index in [1.165, 1.54) is 31.2 Å². The van der Waals surface area contributed by atoms with Crippen LogP contribution in [0.25, 0.3) is 0 Å². The van der Waals surface area contributed by atoms with Gasteiger partial charge in [0.05, 0.1) is 23.5 Å². The largest absolute Gasteiger partial charge is 0.453 e. The van der Waals surface area contributed by atoms with Crippen molar-refractivity contribution in [1.29, 1.82) is 0 Å². The van der Waals surface area contributed by atoms with Crippen molar-refractivity contribution in [3.8, 4) is 0 Å². The fourth-order valence-electron chi connectivity index (χ4n) is 2.42. The molecule has 2 aromatic carbocycles. The van der Waals surface area contributed by atoms with Crippen LogP contribution >= 0.6 is 11.6 Å². The molecule has 14 heteroatoms. The van der Waals surface area contributed by atoms with Gasteiger partial charge in [-0.15, -0.1) is 0 Å². The fraction of sp³-hybridized carbons (Fsp3) is 0.250. The molecule has 0 spiro atoms. The second kappa shape index (κ2) is 11.8. The summed E-state index contributed by atoms with van der Waals surface area (Å²) >= 11 is 5.70. The third kappa shape index (κ3) is 7.71. The molecule has 0 fully saturated rings. The zero-order valence-electron chi connectivity index (χ0n) is 17.5. The molecule has 0 aliphatic carbocycles. The smallest absolute Gasteiger partial charge is 0.307 e. The van der Waals surface area contributed by atoms with Gasteiger partial charge in [-0.3, -0.25) is 14.4 Å². The van der Waals surface area contributed by atoms with Gasteiger partial charge in [0.15, 0.2) is 23.6 Å². The van der Waals surface area contributed by atoms with Crippen LogP contribution in [0.5, 0.6) is 0 Å². The van der Waals surface area contributed by atoms with Crippen LogP contribution < -0.4 is 15.4 Å². The molecule has 0 bridgehead atoms. The first kappa shape index (κ1) is 27.1. The molecule has 0 aliphatic rings. The van der Waals surface area contributed by atoms with Crippen molar-refractivity contribution in [1.82, 2.24) is 10.0 Å². The van der Waals surface area contributed by atoms with Crippen molar-refractivity contribution in [3.63, 3.8) is 0 Å². The maximum atomic E-state index is 13.6. The maximum absolute atomic E-state index is 13.6. The van der Waals surface area contributed by atoms with E-state index in [0.717, 1.165) is 6.07 Å². The number of rotatable bonds is 10. The van der Waals surface area contributed by atoms with Crippen molar-refractivity contribution >= 4 is 45.1 Å². The first-order valence-corrected chi connectivity index (χ1v) is 11.4. The highest BCUT2D eigenvalue weighted by molar-refractivity contribution is 7.89. The number of carbonyl (C=O) groups is 3. The Morgan fingerprint density at radius 1 is 1.03 bits per heavy atom. The van der Waals surface area contributed by atoms with Crippen LogP contribution in [0.15, 0.2) is 41.3 Å². The Kier molecular flexibility index (Phi) is 9.41. The van der Waals surface area contributed by atoms with E-state index in [4.69, 9.17) is 16.3 Å². The summed E-state index contributed by atoms with van der Waals surface area (Å²) in [6.07, 6.45) is -1.73. The summed E-state index contributed by atoms with van der Waals surface area (Å²) in [5.41, 5.74) is -0.626. The van der Waals surface area contributed by atoms with E-state index in [-0.39, 0.29) is 17.9 Å². The number of hydrogen-bond acceptors (Lipinski definition) is 6. The lowest BCUT2D eigenvalue weighted by atomic mass is 10.2. The lowest BCUT2D eigenvalue weighted by Gasteiger charge is -2.14. The molecule has 2 amide bonds. The summed E-state index contributed by atoms with van der Waals surface area (Å²) < 4.78 is 70.9. The van der Waals surface area contributed by atoms with Gasteiger partial charge in [0.2, 0.25) is 15.9 Å². The van der Waals surface area contributed by atoms with Crippen molar-refractivity contribution in [2.75, 3.05) is 18.4 Å². The molecule has 3 N–H and O–H groups in total. The van der Waals surface area contributed by atoms with Gasteiger partial charge in [-0.2, -0.15) is 0 Å². The Bertz CT molecular complexity index is 1180. The van der Waals surface area contributed by atoms with Gasteiger partial charge in [-0.05, 0) is 43.3 Å². The van der Waals surface area contributed by atoms with Gasteiger partial charge in [-0.1, -0.05) is 11.6 Å². The Labute approximate surface area is 197 Å². The zero-order chi connectivity index (χ0) is 25.5. The summed E-state index contributed by atoms with van der Waals surface area (Å²) in [5, 5.41) is 4.43. The number of halogens is 4. The first-order valence-electron chi connectivity index (χ1n) is 9.56. The van der Waals surface area contributed by atoms with Crippen LogP contribution in [-0.4, -0.2) is 45.4 Å². The van der Waals surface area contributed by atoms with Gasteiger partial charge in [-0.25, -0.2) is 26.3 Å². The first-order chi connectivity index (χ1) is 15.9. The van der Waals surface area contributed by atoms with Crippen LogP contribution in [0, 0.1) is 17.5 Å². The molecule has 9 nitrogen and oxygen atoms in total. The minimum Gasteiger partial charge on any atom is -0.453 e. The van der Waals surface area contributed by atoms with Crippen LogP contribution in [-0.2, 0) is 29.1 Å². The average molecular weight is 522 g/mol. The van der Waals surface area contributed by atoms with E-state index < -0.39 is 63.6 Å². The minimum atomic E-state index is -3.88. The Hall–Kier alpha value is -3.16. The summed E-state index contributed by atoms with van der Waals surface area (Å²) in [4.78, 5) is 35.6. The van der Waals surface area contributed by atoms with Crippen molar-refractivity contribution in [3.05, 3.63) is 58.9 Å². The summed E-state index contributed by atoms with van der Waals surface area (Å²) in [5.74, 6) is -7.53. The van der Waals surface area contributed by atoms with Crippen molar-refractivity contribution < 1.29 is 40.7 Å². The predicted molar refractivity (Wildman–Crippen MR) is 115 cm³/mol. The minimum absolute atomic E-state index is 0.0560. The van der Waals surface area contributed by atoms with E-state index in [2.05, 4.69) is 10.0 Å². The normalized spacial score (nSPS) is 12.0. The molecule has 0 saturated heterocycles. The molecule has 2 aromatic rings. The van der Waals surface area contributed by atoms with Gasteiger partial charge in [0.1, 0.15) is 0 Å². The summed E-state index contributed by atoms with van der Waals surface area (Å²) in [6.45, 7) is 0.221. The highest BCUT2D eigenvalue weighted by Crippen LogP contribution is 2.19. The zero-order valence-corrected chi connectivity index (χ0v) is 19.1. The van der Waals surface area contributed by atoms with E-state index in [1.807, 2.05) is 5.32 Å². The second-order valence-electron chi connectivity index (χ2n) is 6.72. The molecule has 0 aliphatic heterocycles. The molecular weight excluding hydrogens is 503 g/mol. The molecule has 0 saturated carbocycles. The van der Waals surface area contributed by atoms with Crippen LogP contribution in [0.3, 0.4) is 0 Å². The maximum Gasteiger partial charge on any atom is 0.307 e. The van der Waals surface area contributed by atoms with Crippen LogP contribution in [0.1, 0.15) is 13.3 Å². The Morgan fingerprint density at radius 2 is 1.68 bits per heavy atom. The number of carbonyl (C=O) groups excluding carboxylic acids is 3. The predicted octanol–water partition coefficient (Wildman–Crippen LogP) is 2.11. The topological polar surface area (TPSA) is 131 Å². The number of nitrogens with one attached hydrogen (secondary N) is 3. The molecular formula is C20H19ClF3N3O6S. The second-order valence-corrected chi connectivity index (χ2v) is 8.93. The number of anilines is 1. The highest BCUT2D eigenvalue weighted by Gasteiger charge is 2.20. The monoisotopic (exact) mass is 521 g/mol. The molecule has 0 aromatic heterocycles. The van der Waals surface area contributed by atoms with Crippen molar-refractivity contribution in [2.45, 2.75) is 24.3 Å². The number of ether oxygens (including phenoxy) is 1. The molecule has 0 unspecified atom stereocenters. The summed E-state index contributed by atoms with van der Waals surface area (Å²) in [6, 6.07) is 6.76. The fourth-order valence-corrected chi connectivity index (χ4v) is 3.58. The number of benzene rings is 2. The molecule has 0 heterocycles. The van der Waals surface area contributed by atoms with E-state index in [0.29, 0.717) is 11.1 Å². The average Bonchev–Trinajstić information content (AvgIpc) is 2.78. The van der Waals surface area contributed by atoms with Gasteiger partial charge in [0.25, 0.3) is 5.91 Å². The van der Waals surface area contributed by atoms with Gasteiger partial charge < -0.3 is 15.4 Å². The van der Waals surface area contributed by atoms with Gasteiger partial charge in [0, 0.05) is 11.6 Å². The number of amides is 2. The molecule has 0 radical (unpaired) electrons. The van der Waals surface area contributed by atoms with Crippen molar-refractivity contribution in [2.24, 2.45) is 0 Å². The molecule has 34 heavy (non-hydrogen) atoms. The van der Waals surface area contributed by atoms with Crippen LogP contribution in [0.4, 0.5) is 18.9 Å². The highest BCUT2D eigenvalue weighted by atomic mass is 35.5. The lowest BCUT2D eigenvalue weighted by molar-refractivity contribution is -0.154. The molecule has 1 atom stereocenters. The third-order valence-electron chi connectivity index (χ3n) is 4.16. The Balaban J connectivity index is 1.75. The van der Waals surface area contributed by atoms with Crippen LogP contribution in [0.2, 0.25) is 5.02 Å². The van der Waals surface area contributed by atoms with E-state index >= 15 is 0 Å². The number of hydrogen-bond donors (Lipinski definition) is 3. The Morgan fingerprint density at radius 3 is 2.32 bits per heavy atom. The SMILES string of the molecule is C[C@@H](OC(=O)CCNS(=O)(=O)c1ccc(Cl)cc1)C(=O)NCC(=O)Nc1ccc(F)c(F)c1F. The van der Waals surface area contributed by atoms with E-state index in [9.17, 15) is 36.0 Å². The van der Waals surface area contributed by atoms with Gasteiger partial charge >= 0.3 is 5.97 Å². The summed E-state index contributed by atoms with van der Waals surface area (Å²) in [7, 11) is -3.88. The molecule has 2 rings (SSSR count). The van der Waals surface area contributed by atoms with E-state index in [1.54, 1.807) is 0 Å². The lowest BCUT2D eigenvalue weighted by Crippen LogP contribution is -2.40. The number of sulfonamides is 1. The standard InChI is InChI=1S/C20H19ClF3N3O6S/c1-11(20(30)25-10-16(28)27-15-7-6-14(22)18(23)19(15)24)33-17(29)8-9-26-34(31,32)13-4-2-12(21)3-5-13/h2-7,11,26H,8-10H2,1H3,(H,25,30)(H,27,28)/t11-/m1/s1. The molecule has 184 valence electrons. The number of esters is 1.